The van der Waals surface area contributed by atoms with Crippen LogP contribution in [0.25, 0.3) is 0 Å². The summed E-state index contributed by atoms with van der Waals surface area (Å²) in [6, 6.07) is 6.19. The standard InChI is InChI=1S/C12H17NO/c1-3-7-12(10-13,8-4-2)11-6-5-9-14-11/h5-6,9H,3-4,7-8H2,1-2H3. The molecule has 1 heterocycles. The molecule has 0 aromatic carbocycles. The van der Waals surface area contributed by atoms with Crippen LogP contribution < -0.4 is 0 Å². The van der Waals surface area contributed by atoms with Gasteiger partial charge in [-0.15, -0.1) is 0 Å². The molecule has 1 rings (SSSR count). The molecule has 0 N–H and O–H groups in total. The number of furan rings is 1. The van der Waals surface area contributed by atoms with Crippen molar-refractivity contribution in [1.82, 2.24) is 0 Å². The zero-order valence-corrected chi connectivity index (χ0v) is 8.92. The van der Waals surface area contributed by atoms with Gasteiger partial charge in [-0.2, -0.15) is 5.26 Å². The fraction of sp³-hybridized carbons (Fsp3) is 0.583. The van der Waals surface area contributed by atoms with Gasteiger partial charge in [0.05, 0.1) is 12.3 Å². The summed E-state index contributed by atoms with van der Waals surface area (Å²) in [5, 5.41) is 9.30. The molecule has 2 nitrogen and oxygen atoms in total. The lowest BCUT2D eigenvalue weighted by Gasteiger charge is -2.22. The van der Waals surface area contributed by atoms with Crippen molar-refractivity contribution in [2.24, 2.45) is 0 Å². The molecule has 1 aromatic heterocycles. The molecule has 0 aliphatic rings. The molecule has 2 heteroatoms. The fourth-order valence-corrected chi connectivity index (χ4v) is 1.94. The second-order valence-electron chi connectivity index (χ2n) is 3.67. The highest BCUT2D eigenvalue weighted by molar-refractivity contribution is 5.23. The van der Waals surface area contributed by atoms with Crippen LogP contribution in [0.5, 0.6) is 0 Å². The molecule has 76 valence electrons. The maximum absolute atomic E-state index is 9.30. The van der Waals surface area contributed by atoms with Gasteiger partial charge in [0.25, 0.3) is 0 Å². The third kappa shape index (κ3) is 1.98. The topological polar surface area (TPSA) is 36.9 Å². The Morgan fingerprint density at radius 1 is 1.36 bits per heavy atom. The lowest BCUT2D eigenvalue weighted by Crippen LogP contribution is -2.22. The molecule has 0 amide bonds. The predicted octanol–water partition coefficient (Wildman–Crippen LogP) is 3.64. The average molecular weight is 191 g/mol. The molecule has 0 atom stereocenters. The van der Waals surface area contributed by atoms with Crippen LogP contribution in [0.15, 0.2) is 22.8 Å². The molecule has 14 heavy (non-hydrogen) atoms. The molecule has 0 aliphatic heterocycles. The first-order chi connectivity index (χ1) is 6.79. The molecule has 0 bridgehead atoms. The smallest absolute Gasteiger partial charge is 0.123 e. The van der Waals surface area contributed by atoms with Gasteiger partial charge in [-0.1, -0.05) is 26.7 Å². The largest absolute Gasteiger partial charge is 0.468 e. The van der Waals surface area contributed by atoms with Crippen LogP contribution in [0.3, 0.4) is 0 Å². The number of rotatable bonds is 5. The van der Waals surface area contributed by atoms with Crippen molar-refractivity contribution in [2.45, 2.75) is 44.9 Å². The normalized spacial score (nSPS) is 11.2. The molecule has 1 aromatic rings. The highest BCUT2D eigenvalue weighted by Crippen LogP contribution is 2.33. The third-order valence-electron chi connectivity index (χ3n) is 2.56. The maximum atomic E-state index is 9.30. The van der Waals surface area contributed by atoms with E-state index in [2.05, 4.69) is 19.9 Å². The zero-order chi connectivity index (χ0) is 10.4. The number of nitrogens with zero attached hydrogens (tertiary/aromatic N) is 1. The van der Waals surface area contributed by atoms with Crippen LogP contribution in [0, 0.1) is 11.3 Å². The van der Waals surface area contributed by atoms with Crippen molar-refractivity contribution >= 4 is 0 Å². The predicted molar refractivity (Wildman–Crippen MR) is 55.8 cm³/mol. The van der Waals surface area contributed by atoms with Crippen LogP contribution in [0.2, 0.25) is 0 Å². The first kappa shape index (κ1) is 10.8. The highest BCUT2D eigenvalue weighted by atomic mass is 16.3. The molecule has 0 unspecified atom stereocenters. The van der Waals surface area contributed by atoms with Crippen LogP contribution in [0.1, 0.15) is 45.3 Å². The van der Waals surface area contributed by atoms with Crippen molar-refractivity contribution in [3.8, 4) is 6.07 Å². The van der Waals surface area contributed by atoms with Crippen molar-refractivity contribution < 1.29 is 4.42 Å². The zero-order valence-electron chi connectivity index (χ0n) is 8.92. The minimum absolute atomic E-state index is 0.396. The fourth-order valence-electron chi connectivity index (χ4n) is 1.94. The monoisotopic (exact) mass is 191 g/mol. The summed E-state index contributed by atoms with van der Waals surface area (Å²) in [4.78, 5) is 0. The molecule has 0 saturated carbocycles. The second kappa shape index (κ2) is 4.85. The molecular weight excluding hydrogens is 174 g/mol. The van der Waals surface area contributed by atoms with Gasteiger partial charge in [0, 0.05) is 0 Å². The van der Waals surface area contributed by atoms with E-state index in [-0.39, 0.29) is 0 Å². The van der Waals surface area contributed by atoms with E-state index >= 15 is 0 Å². The Hall–Kier alpha value is -1.23. The lowest BCUT2D eigenvalue weighted by atomic mass is 9.78. The van der Waals surface area contributed by atoms with Crippen LogP contribution in [0.4, 0.5) is 0 Å². The van der Waals surface area contributed by atoms with E-state index in [1.54, 1.807) is 6.26 Å². The number of hydrogen-bond donors (Lipinski definition) is 0. The summed E-state index contributed by atoms with van der Waals surface area (Å²) < 4.78 is 5.37. The van der Waals surface area contributed by atoms with Crippen LogP contribution >= 0.6 is 0 Å². The maximum Gasteiger partial charge on any atom is 0.123 e. The lowest BCUT2D eigenvalue weighted by molar-refractivity contribution is 0.357. The summed E-state index contributed by atoms with van der Waals surface area (Å²) in [5.74, 6) is 0.823. The number of nitriles is 1. The summed E-state index contributed by atoms with van der Waals surface area (Å²) in [6.07, 6.45) is 5.42. The van der Waals surface area contributed by atoms with Crippen molar-refractivity contribution in [2.75, 3.05) is 0 Å². The first-order valence-electron chi connectivity index (χ1n) is 5.24. The van der Waals surface area contributed by atoms with E-state index in [4.69, 9.17) is 4.42 Å². The van der Waals surface area contributed by atoms with Crippen molar-refractivity contribution in [3.05, 3.63) is 24.2 Å². The summed E-state index contributed by atoms with van der Waals surface area (Å²) in [7, 11) is 0. The Bertz CT molecular complexity index is 289. The van der Waals surface area contributed by atoms with Gasteiger partial charge in [-0.05, 0) is 25.0 Å². The Kier molecular flexibility index (Phi) is 3.76. The van der Waals surface area contributed by atoms with E-state index in [0.29, 0.717) is 0 Å². The molecule has 0 fully saturated rings. The summed E-state index contributed by atoms with van der Waals surface area (Å²) >= 11 is 0. The quantitative estimate of drug-likeness (QED) is 0.712. The van der Waals surface area contributed by atoms with Gasteiger partial charge in [0.2, 0.25) is 0 Å². The van der Waals surface area contributed by atoms with E-state index in [1.165, 1.54) is 0 Å². The Labute approximate surface area is 85.5 Å². The van der Waals surface area contributed by atoms with Gasteiger partial charge in [0.1, 0.15) is 11.2 Å². The van der Waals surface area contributed by atoms with Gasteiger partial charge in [-0.3, -0.25) is 0 Å². The van der Waals surface area contributed by atoms with Crippen LogP contribution in [-0.2, 0) is 5.41 Å². The van der Waals surface area contributed by atoms with E-state index < -0.39 is 5.41 Å². The second-order valence-corrected chi connectivity index (χ2v) is 3.67. The Morgan fingerprint density at radius 3 is 2.36 bits per heavy atom. The van der Waals surface area contributed by atoms with E-state index in [9.17, 15) is 5.26 Å². The Balaban J connectivity index is 2.96. The molecule has 0 radical (unpaired) electrons. The van der Waals surface area contributed by atoms with Crippen LogP contribution in [-0.4, -0.2) is 0 Å². The first-order valence-corrected chi connectivity index (χ1v) is 5.24. The minimum Gasteiger partial charge on any atom is -0.468 e. The Morgan fingerprint density at radius 2 is 2.00 bits per heavy atom. The average Bonchev–Trinajstić information content (AvgIpc) is 2.70. The van der Waals surface area contributed by atoms with Gasteiger partial charge in [-0.25, -0.2) is 0 Å². The molecular formula is C12H17NO. The summed E-state index contributed by atoms with van der Waals surface area (Å²) in [5.41, 5.74) is -0.396. The van der Waals surface area contributed by atoms with Gasteiger partial charge >= 0.3 is 0 Å². The minimum atomic E-state index is -0.396. The molecule has 0 aliphatic carbocycles. The van der Waals surface area contributed by atoms with Gasteiger partial charge in [0.15, 0.2) is 0 Å². The third-order valence-corrected chi connectivity index (χ3v) is 2.56. The van der Waals surface area contributed by atoms with E-state index in [1.807, 2.05) is 12.1 Å². The molecule has 0 spiro atoms. The van der Waals surface area contributed by atoms with E-state index in [0.717, 1.165) is 31.4 Å². The van der Waals surface area contributed by atoms with Crippen molar-refractivity contribution in [3.63, 3.8) is 0 Å². The number of hydrogen-bond acceptors (Lipinski definition) is 2. The van der Waals surface area contributed by atoms with Crippen molar-refractivity contribution in [1.29, 1.82) is 5.26 Å². The molecule has 0 saturated heterocycles. The van der Waals surface area contributed by atoms with Gasteiger partial charge < -0.3 is 4.42 Å². The SMILES string of the molecule is CCCC(C#N)(CCC)c1ccco1. The summed E-state index contributed by atoms with van der Waals surface area (Å²) in [6.45, 7) is 4.20. The highest BCUT2D eigenvalue weighted by Gasteiger charge is 2.33.